The molecular formula is C36H21F2N3O. The first-order chi connectivity index (χ1) is 20.6. The van der Waals surface area contributed by atoms with Gasteiger partial charge < -0.3 is 4.42 Å². The van der Waals surface area contributed by atoms with E-state index in [0.717, 1.165) is 45.5 Å². The van der Waals surface area contributed by atoms with Crippen molar-refractivity contribution in [2.45, 2.75) is 17.8 Å². The Morgan fingerprint density at radius 3 is 2.05 bits per heavy atom. The Bertz CT molecular complexity index is 2170. The van der Waals surface area contributed by atoms with Crippen LogP contribution in [0.5, 0.6) is 0 Å². The van der Waals surface area contributed by atoms with E-state index in [1.165, 1.54) is 23.3 Å². The van der Waals surface area contributed by atoms with Crippen LogP contribution in [0.3, 0.4) is 0 Å². The summed E-state index contributed by atoms with van der Waals surface area (Å²) in [5.74, 6) is 0.0550. The van der Waals surface area contributed by atoms with E-state index in [9.17, 15) is 8.78 Å². The molecule has 0 saturated heterocycles. The van der Waals surface area contributed by atoms with Crippen LogP contribution in [0.15, 0.2) is 114 Å². The molecule has 6 heteroatoms. The lowest BCUT2D eigenvalue weighted by atomic mass is 9.74. The summed E-state index contributed by atoms with van der Waals surface area (Å²) in [4.78, 5) is 15.1. The fraction of sp³-hybridized carbons (Fsp3) is 0.0833. The second-order valence-electron chi connectivity index (χ2n) is 11.1. The molecule has 0 N–H and O–H groups in total. The van der Waals surface area contributed by atoms with Crippen molar-refractivity contribution in [2.24, 2.45) is 0 Å². The van der Waals surface area contributed by atoms with Crippen molar-refractivity contribution in [3.8, 4) is 22.8 Å². The quantitative estimate of drug-likeness (QED) is 0.222. The molecule has 4 nitrogen and oxygen atoms in total. The second-order valence-corrected chi connectivity index (χ2v) is 11.1. The summed E-state index contributed by atoms with van der Waals surface area (Å²) in [6, 6.07) is 34.0. The molecular weight excluding hydrogens is 528 g/mol. The maximum atomic E-state index is 14.5. The Hall–Kier alpha value is -5.23. The van der Waals surface area contributed by atoms with Gasteiger partial charge >= 0.3 is 0 Å². The Kier molecular flexibility index (Phi) is 4.69. The number of furan rings is 1. The van der Waals surface area contributed by atoms with Crippen molar-refractivity contribution in [3.63, 3.8) is 0 Å². The van der Waals surface area contributed by atoms with Crippen molar-refractivity contribution >= 4 is 21.9 Å². The van der Waals surface area contributed by atoms with E-state index in [0.29, 0.717) is 17.2 Å². The van der Waals surface area contributed by atoms with Gasteiger partial charge in [0.25, 0.3) is 0 Å². The lowest BCUT2D eigenvalue weighted by molar-refractivity contribution is 0.581. The third-order valence-corrected chi connectivity index (χ3v) is 8.88. The van der Waals surface area contributed by atoms with Crippen LogP contribution in [-0.4, -0.2) is 15.0 Å². The van der Waals surface area contributed by atoms with Gasteiger partial charge in [0.2, 0.25) is 0 Å². The number of nitrogens with zero attached hydrogens (tertiary/aromatic N) is 3. The number of fused-ring (bicyclic) bond motifs is 11. The normalized spacial score (nSPS) is 18.5. The summed E-state index contributed by atoms with van der Waals surface area (Å²) in [5, 5.41) is 1.83. The SMILES string of the molecule is Fc1cc(F)cc(-c2nc(-c3cccc4oc5ccccc5c34)nc(C34CC(c5ccccc53)c3ccccc34)n2)c1. The van der Waals surface area contributed by atoms with Crippen LogP contribution in [0.2, 0.25) is 0 Å². The van der Waals surface area contributed by atoms with Crippen LogP contribution in [0.4, 0.5) is 8.78 Å². The topological polar surface area (TPSA) is 51.8 Å². The van der Waals surface area contributed by atoms with Gasteiger partial charge in [0.1, 0.15) is 28.6 Å². The zero-order chi connectivity index (χ0) is 28.0. The molecule has 42 heavy (non-hydrogen) atoms. The first kappa shape index (κ1) is 23.5. The van der Waals surface area contributed by atoms with Gasteiger partial charge in [-0.25, -0.2) is 23.7 Å². The summed E-state index contributed by atoms with van der Waals surface area (Å²) >= 11 is 0. The summed E-state index contributed by atoms with van der Waals surface area (Å²) < 4.78 is 35.2. The highest BCUT2D eigenvalue weighted by molar-refractivity contribution is 6.11. The molecule has 200 valence electrons. The van der Waals surface area contributed by atoms with E-state index in [2.05, 4.69) is 36.4 Å². The fourth-order valence-electron chi connectivity index (χ4n) is 7.23. The molecule has 2 aliphatic carbocycles. The van der Waals surface area contributed by atoms with Crippen molar-refractivity contribution < 1.29 is 13.2 Å². The minimum absolute atomic E-state index is 0.217. The molecule has 9 rings (SSSR count). The van der Waals surface area contributed by atoms with Gasteiger partial charge in [0, 0.05) is 33.9 Å². The van der Waals surface area contributed by atoms with Crippen molar-refractivity contribution in [1.29, 1.82) is 0 Å². The first-order valence-electron chi connectivity index (χ1n) is 13.9. The lowest BCUT2D eigenvalue weighted by Gasteiger charge is -2.30. The zero-order valence-corrected chi connectivity index (χ0v) is 22.2. The summed E-state index contributed by atoms with van der Waals surface area (Å²) in [6.07, 6.45) is 0.783. The Balaban J connectivity index is 1.38. The smallest absolute Gasteiger partial charge is 0.164 e. The molecule has 0 saturated carbocycles. The van der Waals surface area contributed by atoms with Crippen LogP contribution < -0.4 is 0 Å². The van der Waals surface area contributed by atoms with Gasteiger partial charge in [-0.05, 0) is 52.9 Å². The molecule has 5 aromatic carbocycles. The zero-order valence-electron chi connectivity index (χ0n) is 22.2. The van der Waals surface area contributed by atoms with Crippen molar-refractivity contribution in [2.75, 3.05) is 0 Å². The lowest BCUT2D eigenvalue weighted by Crippen LogP contribution is -2.29. The molecule has 0 unspecified atom stereocenters. The van der Waals surface area contributed by atoms with E-state index < -0.39 is 17.0 Å². The molecule has 7 aromatic rings. The summed E-state index contributed by atoms with van der Waals surface area (Å²) in [6.45, 7) is 0. The molecule has 2 heterocycles. The van der Waals surface area contributed by atoms with Crippen molar-refractivity contribution in [3.05, 3.63) is 149 Å². The van der Waals surface area contributed by atoms with E-state index in [4.69, 9.17) is 19.4 Å². The maximum Gasteiger partial charge on any atom is 0.164 e. The Morgan fingerprint density at radius 2 is 1.29 bits per heavy atom. The van der Waals surface area contributed by atoms with Crippen LogP contribution in [0.1, 0.15) is 40.4 Å². The number of hydrogen-bond donors (Lipinski definition) is 0. The highest BCUT2D eigenvalue weighted by Crippen LogP contribution is 2.62. The molecule has 0 fully saturated rings. The molecule has 0 aliphatic heterocycles. The maximum absolute atomic E-state index is 14.5. The molecule has 0 radical (unpaired) electrons. The van der Waals surface area contributed by atoms with Gasteiger partial charge in [-0.15, -0.1) is 0 Å². The highest BCUT2D eigenvalue weighted by Gasteiger charge is 2.55. The predicted molar refractivity (Wildman–Crippen MR) is 157 cm³/mol. The summed E-state index contributed by atoms with van der Waals surface area (Å²) in [5.41, 5.74) is 6.73. The standard InChI is InChI=1S/C36H21F2N3O/c37-21-16-20(17-22(38)18-21)33-39-34(26-11-7-15-31-32(26)25-10-3-6-14-30(25)42-31)41-35(40-33)36-19-27(23-8-1-4-12-28(23)36)24-9-2-5-13-29(24)36/h1-18,27H,19H2. The van der Waals surface area contributed by atoms with Gasteiger partial charge in [0.15, 0.2) is 11.6 Å². The number of halogens is 2. The molecule has 2 bridgehead atoms. The predicted octanol–water partition coefficient (Wildman–Crippen LogP) is 8.57. The average Bonchev–Trinajstić information content (AvgIpc) is 3.69. The second kappa shape index (κ2) is 8.40. The van der Waals surface area contributed by atoms with E-state index in [1.54, 1.807) is 0 Å². The van der Waals surface area contributed by atoms with Crippen LogP contribution in [0, 0.1) is 11.6 Å². The minimum Gasteiger partial charge on any atom is -0.456 e. The van der Waals surface area contributed by atoms with Gasteiger partial charge in [-0.1, -0.05) is 78.9 Å². The number of aromatic nitrogens is 3. The number of para-hydroxylation sites is 1. The van der Waals surface area contributed by atoms with E-state index in [1.807, 2.05) is 54.6 Å². The van der Waals surface area contributed by atoms with Crippen LogP contribution in [0.25, 0.3) is 44.7 Å². The summed E-state index contributed by atoms with van der Waals surface area (Å²) in [7, 11) is 0. The molecule has 0 spiro atoms. The Morgan fingerprint density at radius 1 is 0.643 bits per heavy atom. The largest absolute Gasteiger partial charge is 0.456 e. The van der Waals surface area contributed by atoms with Gasteiger partial charge in [-0.2, -0.15) is 0 Å². The Labute approximate surface area is 239 Å². The fourth-order valence-corrected chi connectivity index (χ4v) is 7.23. The molecule has 2 aliphatic rings. The van der Waals surface area contributed by atoms with E-state index >= 15 is 0 Å². The molecule has 2 aromatic heterocycles. The molecule has 0 amide bonds. The van der Waals surface area contributed by atoms with Crippen LogP contribution in [-0.2, 0) is 5.41 Å². The van der Waals surface area contributed by atoms with Crippen molar-refractivity contribution in [1.82, 2.24) is 15.0 Å². The average molecular weight is 550 g/mol. The first-order valence-corrected chi connectivity index (χ1v) is 13.9. The van der Waals surface area contributed by atoms with Gasteiger partial charge in [-0.3, -0.25) is 0 Å². The minimum atomic E-state index is -0.688. The number of hydrogen-bond acceptors (Lipinski definition) is 4. The molecule has 0 atom stereocenters. The highest BCUT2D eigenvalue weighted by atomic mass is 19.1. The monoisotopic (exact) mass is 549 g/mol. The number of benzene rings is 5. The third kappa shape index (κ3) is 3.12. The third-order valence-electron chi connectivity index (χ3n) is 8.88. The van der Waals surface area contributed by atoms with E-state index in [-0.39, 0.29) is 17.3 Å². The van der Waals surface area contributed by atoms with Crippen LogP contribution >= 0.6 is 0 Å². The number of rotatable bonds is 3. The van der Waals surface area contributed by atoms with Gasteiger partial charge in [0.05, 0.1) is 5.41 Å².